The van der Waals surface area contributed by atoms with Gasteiger partial charge in [0.2, 0.25) is 0 Å². The summed E-state index contributed by atoms with van der Waals surface area (Å²) in [7, 11) is 1.86. The summed E-state index contributed by atoms with van der Waals surface area (Å²) in [6.07, 6.45) is 52.8. The highest BCUT2D eigenvalue weighted by Crippen LogP contribution is 2.44. The van der Waals surface area contributed by atoms with Gasteiger partial charge in [0.05, 0.1) is 0 Å². The fraction of sp³-hybridized carbons (Fsp3) is 0.926. The third-order valence-electron chi connectivity index (χ3n) is 12.3. The molecule has 0 saturated heterocycles. The molecular weight excluding hydrogens is 985 g/mol. The lowest BCUT2D eigenvalue weighted by atomic mass is 10.0. The Morgan fingerprint density at radius 2 is 0.500 bits per heavy atom. The van der Waals surface area contributed by atoms with Crippen LogP contribution in [-0.2, 0) is 26.6 Å². The maximum Gasteiger partial charge on any atom is 0.462 e. The summed E-state index contributed by atoms with van der Waals surface area (Å²) in [5.41, 5.74) is 0. The van der Waals surface area contributed by atoms with Crippen LogP contribution in [0.3, 0.4) is 0 Å². The van der Waals surface area contributed by atoms with Gasteiger partial charge >= 0.3 is 16.6 Å². The molecule has 0 saturated carbocycles. The summed E-state index contributed by atoms with van der Waals surface area (Å²) >= 11 is 0. The van der Waals surface area contributed by atoms with Crippen molar-refractivity contribution < 1.29 is 26.6 Å². The van der Waals surface area contributed by atoms with Gasteiger partial charge in [-0.2, -0.15) is 0 Å². The molecule has 0 aromatic heterocycles. The average molecular weight is 1100 g/mol. The van der Waals surface area contributed by atoms with Crippen molar-refractivity contribution >= 4 is 76.0 Å². The molecule has 0 fully saturated rings. The van der Waals surface area contributed by atoms with Crippen LogP contribution < -0.4 is 0 Å². The van der Waals surface area contributed by atoms with Gasteiger partial charge in [0.25, 0.3) is 0 Å². The predicted octanol–water partition coefficient (Wildman–Crippen LogP) is 19.0. The maximum atomic E-state index is 6.32. The number of allylic oxidation sites excluding steroid dienone is 2. The Morgan fingerprint density at radius 1 is 0.294 bits per heavy atom. The third-order valence-corrected chi connectivity index (χ3v) is 34.1. The number of rotatable bonds is 59. The van der Waals surface area contributed by atoms with E-state index in [0.29, 0.717) is 0 Å². The minimum Gasteiger partial charge on any atom is -0.377 e. The second-order valence-corrected chi connectivity index (χ2v) is 39.9. The predicted molar refractivity (Wildman–Crippen MR) is 323 cm³/mol. The van der Waals surface area contributed by atoms with Crippen LogP contribution in [0, 0.1) is 0 Å². The number of hydrogen-bond donors (Lipinski definition) is 0. The molecule has 406 valence electrons. The highest BCUT2D eigenvalue weighted by molar-refractivity contribution is 9.26. The molecule has 68 heavy (non-hydrogen) atoms. The topological polar surface area (TPSA) is 55.4 Å². The van der Waals surface area contributed by atoms with Crippen LogP contribution in [0.25, 0.3) is 0 Å². The largest absolute Gasteiger partial charge is 0.462 e. The number of hydrogen-bond acceptors (Lipinski definition) is 10. The van der Waals surface area contributed by atoms with Gasteiger partial charge in [-0.3, -0.25) is 0 Å². The number of unbranched alkanes of at least 4 members (excludes halogenated alkanes) is 28. The van der Waals surface area contributed by atoms with Crippen LogP contribution in [0.1, 0.15) is 273 Å². The van der Waals surface area contributed by atoms with E-state index in [1.54, 1.807) is 0 Å². The van der Waals surface area contributed by atoms with Crippen molar-refractivity contribution in [1.29, 1.82) is 0 Å². The van der Waals surface area contributed by atoms with E-state index in [1.807, 2.05) is 41.2 Å². The normalized spacial score (nSPS) is 12.9. The molecular formula is C54H114O6S4Si4. The van der Waals surface area contributed by atoms with Crippen molar-refractivity contribution in [1.82, 2.24) is 0 Å². The zero-order chi connectivity index (χ0) is 49.4. The van der Waals surface area contributed by atoms with E-state index in [9.17, 15) is 0 Å². The van der Waals surface area contributed by atoms with Crippen LogP contribution >= 0.6 is 41.2 Å². The molecule has 0 rings (SSSR count). The van der Waals surface area contributed by atoms with Crippen molar-refractivity contribution in [3.05, 3.63) is 23.0 Å². The van der Waals surface area contributed by atoms with Gasteiger partial charge in [-0.1, -0.05) is 254 Å². The third kappa shape index (κ3) is 48.4. The van der Waals surface area contributed by atoms with Crippen LogP contribution in [0.2, 0.25) is 12.1 Å². The quantitative estimate of drug-likeness (QED) is 0.0334. The van der Waals surface area contributed by atoms with Gasteiger partial charge in [-0.15, -0.1) is 0 Å². The summed E-state index contributed by atoms with van der Waals surface area (Å²) < 4.78 is 37.9. The fourth-order valence-electron chi connectivity index (χ4n) is 8.32. The molecule has 0 aliphatic heterocycles. The van der Waals surface area contributed by atoms with Gasteiger partial charge in [0.1, 0.15) is 18.1 Å². The molecule has 0 aromatic rings. The highest BCUT2D eigenvalue weighted by Gasteiger charge is 2.40. The molecule has 0 heterocycles. The van der Waals surface area contributed by atoms with Crippen molar-refractivity contribution in [2.75, 3.05) is 39.6 Å². The summed E-state index contributed by atoms with van der Waals surface area (Å²) in [6, 6.07) is 2.62. The average Bonchev–Trinajstić information content (AvgIpc) is 3.36. The van der Waals surface area contributed by atoms with Crippen LogP contribution in [0.5, 0.6) is 0 Å². The SMILES string of the molecule is CCCO[Si](OCCC)(OCCC)[SiH2]CCCCCCCCCCCCCCCCC=CSSSSC=CCCCCCCCCCCCCCCCC[SiH2][Si](OCCC)(OCCC)OCCC. The molecule has 0 amide bonds. The van der Waals surface area contributed by atoms with E-state index in [2.05, 4.69) is 64.5 Å². The molecule has 0 unspecified atom stereocenters. The molecule has 0 aromatic carbocycles. The molecule has 6 nitrogen and oxygen atoms in total. The van der Waals surface area contributed by atoms with E-state index < -0.39 is 34.7 Å². The minimum absolute atomic E-state index is 0.463. The monoisotopic (exact) mass is 1100 g/mol. The molecule has 0 bridgehead atoms. The molecule has 0 aliphatic rings. The Morgan fingerprint density at radius 3 is 0.721 bits per heavy atom. The fourth-order valence-corrected chi connectivity index (χ4v) is 28.8. The lowest BCUT2D eigenvalue weighted by molar-refractivity contribution is 0.0793. The Balaban J connectivity index is 3.47. The molecule has 0 atom stereocenters. The molecule has 14 heteroatoms. The summed E-state index contributed by atoms with van der Waals surface area (Å²) in [5.74, 6) is 0. The van der Waals surface area contributed by atoms with Crippen LogP contribution in [0.4, 0.5) is 0 Å². The van der Waals surface area contributed by atoms with E-state index in [1.165, 1.54) is 205 Å². The first-order valence-corrected chi connectivity index (χ1v) is 44.4. The van der Waals surface area contributed by atoms with E-state index in [0.717, 1.165) is 78.2 Å². The Labute approximate surface area is 446 Å². The van der Waals surface area contributed by atoms with Gasteiger partial charge in [-0.05, 0) is 94.7 Å². The molecule has 0 aliphatic carbocycles. The van der Waals surface area contributed by atoms with Gasteiger partial charge in [-0.25, -0.2) is 0 Å². The van der Waals surface area contributed by atoms with Gasteiger partial charge in [0.15, 0.2) is 0 Å². The summed E-state index contributed by atoms with van der Waals surface area (Å²) in [5, 5.41) is 4.59. The highest BCUT2D eigenvalue weighted by atomic mass is 33.7. The Bertz CT molecular complexity index is 919. The Kier molecular flexibility index (Phi) is 59.1. The van der Waals surface area contributed by atoms with E-state index in [4.69, 9.17) is 26.6 Å². The Hall–Kier alpha value is 1.51. The van der Waals surface area contributed by atoms with Crippen molar-refractivity contribution in [3.63, 3.8) is 0 Å². The summed E-state index contributed by atoms with van der Waals surface area (Å²) in [4.78, 5) is 0. The zero-order valence-electron chi connectivity index (χ0n) is 45.9. The van der Waals surface area contributed by atoms with E-state index in [-0.39, 0.29) is 0 Å². The van der Waals surface area contributed by atoms with Crippen molar-refractivity contribution in [2.45, 2.75) is 285 Å². The maximum absolute atomic E-state index is 6.32. The van der Waals surface area contributed by atoms with E-state index >= 15 is 0 Å². The standard InChI is InChI=1S/C54H114O6S4Si4/c1-7-45-55-67(56-46-8-2,57-47-9-3)65-53-43-39-35-31-27-23-19-15-13-17-21-25-29-33-37-41-51-61-63-64-62-52-42-38-34-30-26-22-18-14-16-20-24-28-32-36-40-44-54-66-68(58-48-10-4,59-49-11-5)60-50-12-6/h41-42,51-52H,7-40,43-50,53-54,65-66H2,1-6H3. The first kappa shape index (κ1) is 69.5. The second-order valence-electron chi connectivity index (χ2n) is 19.2. The van der Waals surface area contributed by atoms with Gasteiger partial charge < -0.3 is 26.6 Å². The second kappa shape index (κ2) is 57.8. The molecule has 0 radical (unpaired) electrons. The summed E-state index contributed by atoms with van der Waals surface area (Å²) in [6.45, 7) is 17.8. The van der Waals surface area contributed by atoms with Gasteiger partial charge in [0, 0.05) is 39.6 Å². The van der Waals surface area contributed by atoms with Crippen molar-refractivity contribution in [2.24, 2.45) is 0 Å². The molecule has 0 spiro atoms. The lowest BCUT2D eigenvalue weighted by Gasteiger charge is -2.30. The first-order valence-electron chi connectivity index (χ1n) is 29.4. The minimum atomic E-state index is -2.36. The first-order chi connectivity index (χ1) is 33.6. The lowest BCUT2D eigenvalue weighted by Crippen LogP contribution is -2.52. The van der Waals surface area contributed by atoms with Crippen LogP contribution in [-0.4, -0.2) is 74.4 Å². The van der Waals surface area contributed by atoms with Crippen molar-refractivity contribution in [3.8, 4) is 0 Å². The molecule has 0 N–H and O–H groups in total. The zero-order valence-corrected chi connectivity index (χ0v) is 54.0. The van der Waals surface area contributed by atoms with Crippen LogP contribution in [0.15, 0.2) is 23.0 Å². The smallest absolute Gasteiger partial charge is 0.377 e.